The highest BCUT2D eigenvalue weighted by atomic mass is 16.7. The van der Waals surface area contributed by atoms with Crippen molar-refractivity contribution in [2.24, 2.45) is 17.1 Å². The Bertz CT molecular complexity index is 541. The Morgan fingerprint density at radius 2 is 1.62 bits per heavy atom. The summed E-state index contributed by atoms with van der Waals surface area (Å²) in [7, 11) is 0. The van der Waals surface area contributed by atoms with Gasteiger partial charge in [0.1, 0.15) is 0 Å². The van der Waals surface area contributed by atoms with Crippen molar-refractivity contribution in [3.8, 4) is 0 Å². The number of nitrogens with two attached hydrogens (primary N) is 1. The van der Waals surface area contributed by atoms with Crippen LogP contribution in [0.5, 0.6) is 0 Å². The Hall–Kier alpha value is -2.12. The van der Waals surface area contributed by atoms with Gasteiger partial charge in [-0.3, -0.25) is 14.4 Å². The smallest absolute Gasteiger partial charge is 0.405 e. The van der Waals surface area contributed by atoms with Gasteiger partial charge >= 0.3 is 18.0 Å². The third kappa shape index (κ3) is 3.68. The number of carbonyl (C=O) groups excluding carboxylic acids is 4. The van der Waals surface area contributed by atoms with Crippen molar-refractivity contribution in [3.63, 3.8) is 0 Å². The summed E-state index contributed by atoms with van der Waals surface area (Å²) in [5, 5.41) is 0. The number of carbonyl (C=O) groups is 4. The number of cyclic esters (lactones) is 2. The summed E-state index contributed by atoms with van der Waals surface area (Å²) in [5.41, 5.74) is 2.47. The minimum absolute atomic E-state index is 0.0960. The first-order valence-electron chi connectivity index (χ1n) is 7.76. The van der Waals surface area contributed by atoms with Gasteiger partial charge in [-0.2, -0.15) is 0 Å². The summed E-state index contributed by atoms with van der Waals surface area (Å²) >= 11 is 0. The molecule has 136 valence electrons. The summed E-state index contributed by atoms with van der Waals surface area (Å²) in [4.78, 5) is 48.9. The lowest BCUT2D eigenvalue weighted by molar-refractivity contribution is -0.240. The molecule has 24 heavy (non-hydrogen) atoms. The Kier molecular flexibility index (Phi) is 5.32. The van der Waals surface area contributed by atoms with Gasteiger partial charge in [0.25, 0.3) is 5.79 Å². The molecule has 1 atom stereocenters. The number of ether oxygens (including phenoxy) is 3. The van der Waals surface area contributed by atoms with Gasteiger partial charge in [0.05, 0.1) is 0 Å². The molecule has 0 radical (unpaired) electrons. The number of rotatable bonds is 5. The van der Waals surface area contributed by atoms with Crippen LogP contribution in [0.4, 0.5) is 4.79 Å². The Balaban J connectivity index is 3.37. The highest BCUT2D eigenvalue weighted by Crippen LogP contribution is 2.42. The van der Waals surface area contributed by atoms with E-state index in [1.165, 1.54) is 13.8 Å². The molecule has 0 spiro atoms. The van der Waals surface area contributed by atoms with Gasteiger partial charge in [0, 0.05) is 19.3 Å². The van der Waals surface area contributed by atoms with Crippen LogP contribution in [0.2, 0.25) is 0 Å². The summed E-state index contributed by atoms with van der Waals surface area (Å²) < 4.78 is 15.2. The molecule has 1 fully saturated rings. The summed E-state index contributed by atoms with van der Waals surface area (Å²) in [5.74, 6) is -6.22. The van der Waals surface area contributed by atoms with Crippen LogP contribution in [0.1, 0.15) is 54.4 Å². The molecule has 1 amide bonds. The van der Waals surface area contributed by atoms with Gasteiger partial charge in [-0.15, -0.1) is 0 Å². The van der Waals surface area contributed by atoms with Gasteiger partial charge in [-0.1, -0.05) is 34.1 Å². The summed E-state index contributed by atoms with van der Waals surface area (Å²) in [6.45, 7) is 9.52. The molecular formula is C16H25NO7. The number of esters is 2. The van der Waals surface area contributed by atoms with Gasteiger partial charge < -0.3 is 19.9 Å². The molecule has 8 nitrogen and oxygen atoms in total. The van der Waals surface area contributed by atoms with E-state index in [9.17, 15) is 19.2 Å². The summed E-state index contributed by atoms with van der Waals surface area (Å²) in [6, 6.07) is 0. The van der Waals surface area contributed by atoms with Crippen molar-refractivity contribution in [3.05, 3.63) is 0 Å². The maximum absolute atomic E-state index is 13.1. The molecule has 0 aromatic heterocycles. The minimum atomic E-state index is -1.82. The quantitative estimate of drug-likeness (QED) is 0.595. The molecule has 2 N–H and O–H groups in total. The molecule has 1 heterocycles. The minimum Gasteiger partial charge on any atom is -0.434 e. The number of hydrogen-bond donors (Lipinski definition) is 1. The van der Waals surface area contributed by atoms with Crippen molar-refractivity contribution in [1.82, 2.24) is 0 Å². The van der Waals surface area contributed by atoms with E-state index < -0.39 is 46.5 Å². The molecule has 1 saturated heterocycles. The van der Waals surface area contributed by atoms with Crippen LogP contribution in [-0.4, -0.2) is 35.2 Å². The number of amides is 1. The largest absolute Gasteiger partial charge is 0.434 e. The van der Waals surface area contributed by atoms with Crippen molar-refractivity contribution in [1.29, 1.82) is 0 Å². The van der Waals surface area contributed by atoms with E-state index in [-0.39, 0.29) is 6.42 Å². The van der Waals surface area contributed by atoms with E-state index >= 15 is 0 Å². The van der Waals surface area contributed by atoms with Crippen LogP contribution in [0.25, 0.3) is 0 Å². The average molecular weight is 343 g/mol. The lowest BCUT2D eigenvalue weighted by Crippen LogP contribution is -2.61. The fourth-order valence-electron chi connectivity index (χ4n) is 2.81. The second-order valence-electron chi connectivity index (χ2n) is 7.29. The molecule has 0 saturated carbocycles. The highest BCUT2D eigenvalue weighted by Gasteiger charge is 2.59. The fourth-order valence-corrected chi connectivity index (χ4v) is 2.81. The van der Waals surface area contributed by atoms with Gasteiger partial charge in [0.2, 0.25) is 11.7 Å². The standard InChI is InChI=1S/C16H25NO7/c1-7-8-16(14(2,3)4,24-13(17)21)10(18)9-11(19)22-15(5,6)23-12(9)20/h9H,7-8H2,1-6H3,(H2,17,21). The monoisotopic (exact) mass is 343 g/mol. The number of Topliss-reactive ketones (excluding diaryl/α,β-unsaturated/α-hetero) is 1. The van der Waals surface area contributed by atoms with Crippen LogP contribution in [0.15, 0.2) is 0 Å². The molecule has 8 heteroatoms. The van der Waals surface area contributed by atoms with E-state index in [1.54, 1.807) is 27.7 Å². The van der Waals surface area contributed by atoms with Crippen LogP contribution in [0.3, 0.4) is 0 Å². The Labute approximate surface area is 141 Å². The lowest BCUT2D eigenvalue weighted by Gasteiger charge is -2.44. The molecular weight excluding hydrogens is 318 g/mol. The highest BCUT2D eigenvalue weighted by molar-refractivity contribution is 6.18. The molecule has 0 aliphatic carbocycles. The van der Waals surface area contributed by atoms with Gasteiger partial charge in [-0.05, 0) is 6.42 Å². The van der Waals surface area contributed by atoms with Crippen molar-refractivity contribution >= 4 is 23.8 Å². The molecule has 1 aliphatic rings. The van der Waals surface area contributed by atoms with E-state index in [1.807, 2.05) is 0 Å². The second-order valence-corrected chi connectivity index (χ2v) is 7.29. The van der Waals surface area contributed by atoms with E-state index in [0.29, 0.717) is 6.42 Å². The molecule has 1 unspecified atom stereocenters. The zero-order valence-electron chi connectivity index (χ0n) is 14.9. The maximum Gasteiger partial charge on any atom is 0.405 e. The average Bonchev–Trinajstić information content (AvgIpc) is 2.33. The Morgan fingerprint density at radius 1 is 1.17 bits per heavy atom. The maximum atomic E-state index is 13.1. The molecule has 1 rings (SSSR count). The lowest BCUT2D eigenvalue weighted by atomic mass is 9.68. The molecule has 0 aromatic carbocycles. The summed E-state index contributed by atoms with van der Waals surface area (Å²) in [6.07, 6.45) is -0.610. The third-order valence-electron chi connectivity index (χ3n) is 3.91. The first-order valence-corrected chi connectivity index (χ1v) is 7.76. The van der Waals surface area contributed by atoms with Crippen LogP contribution < -0.4 is 5.73 Å². The number of primary amides is 1. The van der Waals surface area contributed by atoms with Crippen molar-refractivity contribution < 1.29 is 33.4 Å². The number of ketones is 1. The molecule has 0 bridgehead atoms. The second kappa shape index (κ2) is 6.41. The van der Waals surface area contributed by atoms with E-state index in [4.69, 9.17) is 19.9 Å². The van der Waals surface area contributed by atoms with Crippen LogP contribution in [0, 0.1) is 11.3 Å². The molecule has 1 aliphatic heterocycles. The van der Waals surface area contributed by atoms with Crippen LogP contribution >= 0.6 is 0 Å². The van der Waals surface area contributed by atoms with Gasteiger partial charge in [-0.25, -0.2) is 4.79 Å². The normalized spacial score (nSPS) is 20.6. The van der Waals surface area contributed by atoms with Crippen molar-refractivity contribution in [2.45, 2.75) is 65.8 Å². The predicted octanol–water partition coefficient (Wildman–Crippen LogP) is 1.69. The zero-order valence-corrected chi connectivity index (χ0v) is 14.9. The SMILES string of the molecule is CCCC(OC(N)=O)(C(=O)C1C(=O)OC(C)(C)OC1=O)C(C)(C)C. The van der Waals surface area contributed by atoms with Crippen molar-refractivity contribution in [2.75, 3.05) is 0 Å². The fraction of sp³-hybridized carbons (Fsp3) is 0.750. The number of hydrogen-bond acceptors (Lipinski definition) is 7. The first-order chi connectivity index (χ1) is 10.8. The third-order valence-corrected chi connectivity index (χ3v) is 3.91. The zero-order chi connectivity index (χ0) is 18.9. The molecule has 0 aromatic rings. The predicted molar refractivity (Wildman–Crippen MR) is 82.5 cm³/mol. The van der Waals surface area contributed by atoms with Crippen LogP contribution in [-0.2, 0) is 28.6 Å². The topological polar surface area (TPSA) is 122 Å². The van der Waals surface area contributed by atoms with E-state index in [2.05, 4.69) is 0 Å². The Morgan fingerprint density at radius 3 is 1.96 bits per heavy atom. The van der Waals surface area contributed by atoms with Gasteiger partial charge in [0.15, 0.2) is 5.60 Å². The van der Waals surface area contributed by atoms with E-state index in [0.717, 1.165) is 0 Å². The first kappa shape index (κ1) is 19.9.